The van der Waals surface area contributed by atoms with Crippen LogP contribution >= 0.6 is 31.9 Å². The van der Waals surface area contributed by atoms with Crippen molar-refractivity contribution in [3.05, 3.63) is 22.2 Å². The summed E-state index contributed by atoms with van der Waals surface area (Å²) in [6.45, 7) is 2.18. The van der Waals surface area contributed by atoms with Gasteiger partial charge in [0, 0.05) is 24.5 Å². The standard InChI is InChI=1S/C14H16Br2N2O2/c15-8-9-2-1-6-18(9)14(19)10-3-4-11(16)13-12(10)17-5-7-20-13/h3-4,9,17H,1-2,5-8H2. The zero-order chi connectivity index (χ0) is 14.1. The fraction of sp³-hybridized carbons (Fsp3) is 0.500. The van der Waals surface area contributed by atoms with E-state index < -0.39 is 0 Å². The lowest BCUT2D eigenvalue weighted by molar-refractivity contribution is 0.0751. The van der Waals surface area contributed by atoms with E-state index in [4.69, 9.17) is 4.74 Å². The first-order valence-electron chi connectivity index (χ1n) is 6.78. The molecule has 1 N–H and O–H groups in total. The molecule has 0 bridgehead atoms. The highest BCUT2D eigenvalue weighted by Gasteiger charge is 2.31. The van der Waals surface area contributed by atoms with E-state index in [1.165, 1.54) is 0 Å². The number of ether oxygens (including phenoxy) is 1. The van der Waals surface area contributed by atoms with Crippen molar-refractivity contribution in [2.75, 3.05) is 30.3 Å². The summed E-state index contributed by atoms with van der Waals surface area (Å²) in [4.78, 5) is 14.8. The molecule has 1 unspecified atom stereocenters. The lowest BCUT2D eigenvalue weighted by Crippen LogP contribution is -2.37. The fourth-order valence-corrected chi connectivity index (χ4v) is 3.92. The maximum absolute atomic E-state index is 12.8. The van der Waals surface area contributed by atoms with E-state index in [0.29, 0.717) is 18.2 Å². The van der Waals surface area contributed by atoms with Gasteiger partial charge in [-0.05, 0) is 40.9 Å². The molecule has 2 aliphatic rings. The second-order valence-electron chi connectivity index (χ2n) is 5.02. The van der Waals surface area contributed by atoms with Gasteiger partial charge in [-0.3, -0.25) is 4.79 Å². The summed E-state index contributed by atoms with van der Waals surface area (Å²) in [6, 6.07) is 4.06. The summed E-state index contributed by atoms with van der Waals surface area (Å²) in [5.74, 6) is 0.838. The van der Waals surface area contributed by atoms with E-state index in [2.05, 4.69) is 37.2 Å². The minimum absolute atomic E-state index is 0.0914. The zero-order valence-corrected chi connectivity index (χ0v) is 14.2. The molecule has 6 heteroatoms. The summed E-state index contributed by atoms with van der Waals surface area (Å²) >= 11 is 6.98. The second kappa shape index (κ2) is 5.93. The van der Waals surface area contributed by atoms with Gasteiger partial charge in [-0.1, -0.05) is 15.9 Å². The third-order valence-electron chi connectivity index (χ3n) is 3.81. The number of carbonyl (C=O) groups excluding carboxylic acids is 1. The minimum Gasteiger partial charge on any atom is -0.488 e. The van der Waals surface area contributed by atoms with Gasteiger partial charge in [0.05, 0.1) is 15.7 Å². The van der Waals surface area contributed by atoms with Crippen molar-refractivity contribution in [3.63, 3.8) is 0 Å². The van der Waals surface area contributed by atoms with Crippen molar-refractivity contribution in [2.45, 2.75) is 18.9 Å². The lowest BCUT2D eigenvalue weighted by Gasteiger charge is -2.27. The van der Waals surface area contributed by atoms with Crippen LogP contribution in [0.3, 0.4) is 0 Å². The first-order valence-corrected chi connectivity index (χ1v) is 8.70. The third-order valence-corrected chi connectivity index (χ3v) is 5.18. The molecule has 0 aromatic heterocycles. The number of amides is 1. The van der Waals surface area contributed by atoms with E-state index in [9.17, 15) is 4.79 Å². The summed E-state index contributed by atoms with van der Waals surface area (Å²) in [5.41, 5.74) is 1.52. The summed E-state index contributed by atoms with van der Waals surface area (Å²) in [7, 11) is 0. The largest absolute Gasteiger partial charge is 0.488 e. The van der Waals surface area contributed by atoms with Crippen LogP contribution in [0, 0.1) is 0 Å². The molecular weight excluding hydrogens is 388 g/mol. The first kappa shape index (κ1) is 14.2. The van der Waals surface area contributed by atoms with Gasteiger partial charge in [0.25, 0.3) is 5.91 Å². The molecule has 0 spiro atoms. The first-order chi connectivity index (χ1) is 9.72. The number of benzene rings is 1. The predicted molar refractivity (Wildman–Crippen MR) is 86.0 cm³/mol. The van der Waals surface area contributed by atoms with Crippen molar-refractivity contribution in [2.24, 2.45) is 0 Å². The molecule has 1 atom stereocenters. The van der Waals surface area contributed by atoms with Crippen molar-refractivity contribution in [1.82, 2.24) is 4.90 Å². The molecule has 1 aromatic rings. The van der Waals surface area contributed by atoms with E-state index in [1.807, 2.05) is 17.0 Å². The number of carbonyl (C=O) groups is 1. The van der Waals surface area contributed by atoms with Crippen LogP contribution in [-0.2, 0) is 0 Å². The molecule has 0 aliphatic carbocycles. The second-order valence-corrected chi connectivity index (χ2v) is 6.53. The van der Waals surface area contributed by atoms with Gasteiger partial charge in [-0.25, -0.2) is 0 Å². The Morgan fingerprint density at radius 1 is 1.50 bits per heavy atom. The Bertz CT molecular complexity index is 536. The number of nitrogens with zero attached hydrogens (tertiary/aromatic N) is 1. The minimum atomic E-state index is 0.0914. The number of hydrogen-bond donors (Lipinski definition) is 1. The Balaban J connectivity index is 1.96. The van der Waals surface area contributed by atoms with Gasteiger partial charge in [0.2, 0.25) is 0 Å². The summed E-state index contributed by atoms with van der Waals surface area (Å²) in [5, 5.41) is 4.13. The number of rotatable bonds is 2. The molecule has 1 fully saturated rings. The van der Waals surface area contributed by atoms with Crippen LogP contribution in [-0.4, -0.2) is 41.9 Å². The van der Waals surface area contributed by atoms with Crippen LogP contribution in [0.5, 0.6) is 5.75 Å². The molecule has 1 amide bonds. The van der Waals surface area contributed by atoms with Crippen LogP contribution in [0.2, 0.25) is 0 Å². The number of anilines is 1. The van der Waals surface area contributed by atoms with Gasteiger partial charge in [0.1, 0.15) is 6.61 Å². The lowest BCUT2D eigenvalue weighted by atomic mass is 10.1. The smallest absolute Gasteiger partial charge is 0.256 e. The highest BCUT2D eigenvalue weighted by atomic mass is 79.9. The van der Waals surface area contributed by atoms with Gasteiger partial charge in [0.15, 0.2) is 5.75 Å². The quantitative estimate of drug-likeness (QED) is 0.770. The van der Waals surface area contributed by atoms with E-state index in [1.54, 1.807) is 0 Å². The van der Waals surface area contributed by atoms with Crippen LogP contribution in [0.15, 0.2) is 16.6 Å². The number of likely N-dealkylation sites (tertiary alicyclic amines) is 1. The Labute approximate surface area is 135 Å². The molecule has 1 saturated heterocycles. The summed E-state index contributed by atoms with van der Waals surface area (Å²) in [6.07, 6.45) is 2.14. The Morgan fingerprint density at radius 2 is 2.35 bits per heavy atom. The summed E-state index contributed by atoms with van der Waals surface area (Å²) < 4.78 is 6.56. The fourth-order valence-electron chi connectivity index (χ4n) is 2.80. The molecule has 0 radical (unpaired) electrons. The monoisotopic (exact) mass is 402 g/mol. The molecule has 3 rings (SSSR count). The number of alkyl halides is 1. The van der Waals surface area contributed by atoms with Crippen molar-refractivity contribution < 1.29 is 9.53 Å². The SMILES string of the molecule is O=C(c1ccc(Br)c2c1NCCO2)N1CCCC1CBr. The average Bonchev–Trinajstić information content (AvgIpc) is 2.96. The van der Waals surface area contributed by atoms with Gasteiger partial charge in [-0.15, -0.1) is 0 Å². The van der Waals surface area contributed by atoms with Crippen molar-refractivity contribution in [1.29, 1.82) is 0 Å². The Kier molecular flexibility index (Phi) is 4.21. The van der Waals surface area contributed by atoms with Crippen LogP contribution < -0.4 is 10.1 Å². The van der Waals surface area contributed by atoms with Gasteiger partial charge in [-0.2, -0.15) is 0 Å². The molecule has 2 heterocycles. The van der Waals surface area contributed by atoms with Crippen LogP contribution in [0.4, 0.5) is 5.69 Å². The molecule has 20 heavy (non-hydrogen) atoms. The zero-order valence-electron chi connectivity index (χ0n) is 11.0. The number of fused-ring (bicyclic) bond motifs is 1. The van der Waals surface area contributed by atoms with Crippen LogP contribution in [0.25, 0.3) is 0 Å². The van der Waals surface area contributed by atoms with E-state index in [-0.39, 0.29) is 5.91 Å². The Morgan fingerprint density at radius 3 is 3.15 bits per heavy atom. The van der Waals surface area contributed by atoms with E-state index >= 15 is 0 Å². The number of halogens is 2. The topological polar surface area (TPSA) is 41.6 Å². The maximum atomic E-state index is 12.8. The van der Waals surface area contributed by atoms with Gasteiger partial charge >= 0.3 is 0 Å². The molecule has 4 nitrogen and oxygen atoms in total. The highest BCUT2D eigenvalue weighted by molar-refractivity contribution is 9.10. The number of hydrogen-bond acceptors (Lipinski definition) is 3. The molecular formula is C14H16Br2N2O2. The third kappa shape index (κ3) is 2.44. The van der Waals surface area contributed by atoms with E-state index in [0.717, 1.165) is 47.2 Å². The normalized spacial score (nSPS) is 21.1. The maximum Gasteiger partial charge on any atom is 0.256 e. The van der Waals surface area contributed by atoms with Crippen LogP contribution in [0.1, 0.15) is 23.2 Å². The highest BCUT2D eigenvalue weighted by Crippen LogP contribution is 2.39. The van der Waals surface area contributed by atoms with Gasteiger partial charge < -0.3 is 15.0 Å². The molecule has 0 saturated carbocycles. The average molecular weight is 404 g/mol. The van der Waals surface area contributed by atoms with Crippen molar-refractivity contribution >= 4 is 43.5 Å². The molecule has 108 valence electrons. The Hall–Kier alpha value is -0.750. The molecule has 1 aromatic carbocycles. The predicted octanol–water partition coefficient (Wildman–Crippen LogP) is 3.25. The number of nitrogens with one attached hydrogen (secondary N) is 1. The van der Waals surface area contributed by atoms with Crippen molar-refractivity contribution in [3.8, 4) is 5.75 Å². The molecule has 2 aliphatic heterocycles.